The summed E-state index contributed by atoms with van der Waals surface area (Å²) in [7, 11) is 0. The van der Waals surface area contributed by atoms with Crippen molar-refractivity contribution in [3.63, 3.8) is 0 Å². The third kappa shape index (κ3) is 3.26. The Morgan fingerprint density at radius 3 is 2.88 bits per heavy atom. The number of piperidine rings is 1. The van der Waals surface area contributed by atoms with Gasteiger partial charge in [0.1, 0.15) is 5.82 Å². The van der Waals surface area contributed by atoms with Gasteiger partial charge in [-0.05, 0) is 49.7 Å². The van der Waals surface area contributed by atoms with E-state index in [2.05, 4.69) is 11.4 Å². The maximum Gasteiger partial charge on any atom is 0.123 e. The Kier molecular flexibility index (Phi) is 4.08. The molecule has 0 aromatic heterocycles. The predicted molar refractivity (Wildman–Crippen MR) is 61.8 cm³/mol. The van der Waals surface area contributed by atoms with Gasteiger partial charge in [-0.3, -0.25) is 0 Å². The molecule has 0 atom stereocenters. The van der Waals surface area contributed by atoms with E-state index >= 15 is 0 Å². The minimum atomic E-state index is -0.326. The first-order chi connectivity index (χ1) is 8.29. The first kappa shape index (κ1) is 12.0. The SMILES string of the molecule is N#Cc1ccc(F)cc1COC1CCNCC1. The number of halogens is 1. The number of rotatable bonds is 3. The summed E-state index contributed by atoms with van der Waals surface area (Å²) in [5.41, 5.74) is 1.12. The number of nitrogens with one attached hydrogen (secondary N) is 1. The Balaban J connectivity index is 1.98. The molecule has 3 nitrogen and oxygen atoms in total. The van der Waals surface area contributed by atoms with Crippen LogP contribution in [0.5, 0.6) is 0 Å². The highest BCUT2D eigenvalue weighted by atomic mass is 19.1. The lowest BCUT2D eigenvalue weighted by molar-refractivity contribution is 0.0210. The van der Waals surface area contributed by atoms with Crippen molar-refractivity contribution in [1.82, 2.24) is 5.32 Å². The van der Waals surface area contributed by atoms with Crippen LogP contribution in [0.2, 0.25) is 0 Å². The quantitative estimate of drug-likeness (QED) is 0.869. The molecule has 1 N–H and O–H groups in total. The second-order valence-electron chi connectivity index (χ2n) is 4.17. The van der Waals surface area contributed by atoms with Crippen molar-refractivity contribution in [2.24, 2.45) is 0 Å². The van der Waals surface area contributed by atoms with E-state index in [1.165, 1.54) is 18.2 Å². The van der Waals surface area contributed by atoms with Gasteiger partial charge in [0.05, 0.1) is 24.3 Å². The zero-order valence-corrected chi connectivity index (χ0v) is 9.58. The van der Waals surface area contributed by atoms with E-state index in [0.29, 0.717) is 17.7 Å². The van der Waals surface area contributed by atoms with E-state index in [1.807, 2.05) is 0 Å². The molecule has 0 spiro atoms. The van der Waals surface area contributed by atoms with Crippen LogP contribution in [0, 0.1) is 17.1 Å². The number of hydrogen-bond donors (Lipinski definition) is 1. The van der Waals surface area contributed by atoms with Gasteiger partial charge in [-0.25, -0.2) is 4.39 Å². The Morgan fingerprint density at radius 2 is 2.18 bits per heavy atom. The molecule has 0 bridgehead atoms. The summed E-state index contributed by atoms with van der Waals surface area (Å²) >= 11 is 0. The summed E-state index contributed by atoms with van der Waals surface area (Å²) in [5, 5.41) is 12.2. The smallest absolute Gasteiger partial charge is 0.123 e. The van der Waals surface area contributed by atoms with Crippen LogP contribution in [-0.2, 0) is 11.3 Å². The van der Waals surface area contributed by atoms with Crippen LogP contribution in [-0.4, -0.2) is 19.2 Å². The molecule has 0 unspecified atom stereocenters. The summed E-state index contributed by atoms with van der Waals surface area (Å²) in [4.78, 5) is 0. The fourth-order valence-electron chi connectivity index (χ4n) is 1.96. The topological polar surface area (TPSA) is 45.0 Å². The lowest BCUT2D eigenvalue weighted by Gasteiger charge is -2.23. The van der Waals surface area contributed by atoms with E-state index in [0.717, 1.165) is 25.9 Å². The van der Waals surface area contributed by atoms with Crippen molar-refractivity contribution in [1.29, 1.82) is 5.26 Å². The van der Waals surface area contributed by atoms with Gasteiger partial charge >= 0.3 is 0 Å². The summed E-state index contributed by atoms with van der Waals surface area (Å²) in [6.07, 6.45) is 2.15. The molecular formula is C13H15FN2O. The van der Waals surface area contributed by atoms with Gasteiger partial charge in [-0.1, -0.05) is 0 Å². The summed E-state index contributed by atoms with van der Waals surface area (Å²) in [5.74, 6) is -0.326. The van der Waals surface area contributed by atoms with Crippen LogP contribution < -0.4 is 5.32 Å². The van der Waals surface area contributed by atoms with Gasteiger partial charge in [-0.15, -0.1) is 0 Å². The first-order valence-corrected chi connectivity index (χ1v) is 5.80. The lowest BCUT2D eigenvalue weighted by atomic mass is 10.1. The number of ether oxygens (including phenoxy) is 1. The van der Waals surface area contributed by atoms with E-state index in [1.54, 1.807) is 0 Å². The maximum absolute atomic E-state index is 13.1. The van der Waals surface area contributed by atoms with Gasteiger partial charge in [0.15, 0.2) is 0 Å². The molecule has 1 heterocycles. The first-order valence-electron chi connectivity index (χ1n) is 5.80. The lowest BCUT2D eigenvalue weighted by Crippen LogP contribution is -2.32. The summed E-state index contributed by atoms with van der Waals surface area (Å²) in [6.45, 7) is 2.23. The highest BCUT2D eigenvalue weighted by Crippen LogP contribution is 2.15. The van der Waals surface area contributed by atoms with Crippen LogP contribution in [0.15, 0.2) is 18.2 Å². The van der Waals surface area contributed by atoms with E-state index < -0.39 is 0 Å². The van der Waals surface area contributed by atoms with Crippen LogP contribution >= 0.6 is 0 Å². The monoisotopic (exact) mass is 234 g/mol. The molecule has 17 heavy (non-hydrogen) atoms. The van der Waals surface area contributed by atoms with Crippen molar-refractivity contribution in [2.45, 2.75) is 25.6 Å². The van der Waals surface area contributed by atoms with Gasteiger partial charge in [0, 0.05) is 0 Å². The molecule has 0 amide bonds. The van der Waals surface area contributed by atoms with Crippen molar-refractivity contribution in [3.05, 3.63) is 35.1 Å². The molecule has 1 aromatic carbocycles. The number of hydrogen-bond acceptors (Lipinski definition) is 3. The van der Waals surface area contributed by atoms with Crippen LogP contribution in [0.25, 0.3) is 0 Å². The van der Waals surface area contributed by atoms with E-state index in [-0.39, 0.29) is 11.9 Å². The largest absolute Gasteiger partial charge is 0.373 e. The summed E-state index contributed by atoms with van der Waals surface area (Å²) < 4.78 is 18.8. The predicted octanol–water partition coefficient (Wildman–Crippen LogP) is 1.97. The second-order valence-corrected chi connectivity index (χ2v) is 4.17. The third-order valence-electron chi connectivity index (χ3n) is 2.95. The molecule has 90 valence electrons. The van der Waals surface area contributed by atoms with Gasteiger partial charge in [0.2, 0.25) is 0 Å². The van der Waals surface area contributed by atoms with Crippen LogP contribution in [0.3, 0.4) is 0 Å². The molecular weight excluding hydrogens is 219 g/mol. The Morgan fingerprint density at radius 1 is 1.41 bits per heavy atom. The van der Waals surface area contributed by atoms with E-state index in [4.69, 9.17) is 10.00 Å². The average Bonchev–Trinajstić information content (AvgIpc) is 2.38. The number of nitrogens with zero attached hydrogens (tertiary/aromatic N) is 1. The molecule has 1 aliphatic rings. The van der Waals surface area contributed by atoms with Crippen LogP contribution in [0.4, 0.5) is 4.39 Å². The molecule has 1 fully saturated rings. The summed E-state index contributed by atoms with van der Waals surface area (Å²) in [6, 6.07) is 6.22. The Bertz CT molecular complexity index is 422. The van der Waals surface area contributed by atoms with Gasteiger partial charge in [-0.2, -0.15) is 5.26 Å². The highest BCUT2D eigenvalue weighted by molar-refractivity contribution is 5.37. The molecule has 1 aliphatic heterocycles. The molecule has 0 aliphatic carbocycles. The molecule has 1 saturated heterocycles. The second kappa shape index (κ2) is 5.76. The highest BCUT2D eigenvalue weighted by Gasteiger charge is 2.14. The normalized spacial score (nSPS) is 16.7. The fourth-order valence-corrected chi connectivity index (χ4v) is 1.96. The molecule has 0 saturated carbocycles. The van der Waals surface area contributed by atoms with Crippen molar-refractivity contribution in [2.75, 3.05) is 13.1 Å². The Hall–Kier alpha value is -1.44. The van der Waals surface area contributed by atoms with Crippen LogP contribution in [0.1, 0.15) is 24.0 Å². The van der Waals surface area contributed by atoms with Crippen molar-refractivity contribution >= 4 is 0 Å². The number of benzene rings is 1. The third-order valence-corrected chi connectivity index (χ3v) is 2.95. The van der Waals surface area contributed by atoms with Crippen molar-refractivity contribution < 1.29 is 9.13 Å². The van der Waals surface area contributed by atoms with E-state index in [9.17, 15) is 4.39 Å². The number of nitriles is 1. The fraction of sp³-hybridized carbons (Fsp3) is 0.462. The average molecular weight is 234 g/mol. The molecule has 0 radical (unpaired) electrons. The molecule has 1 aromatic rings. The molecule has 2 rings (SSSR count). The zero-order valence-electron chi connectivity index (χ0n) is 9.58. The van der Waals surface area contributed by atoms with Crippen molar-refractivity contribution in [3.8, 4) is 6.07 Å². The molecule has 4 heteroatoms. The zero-order chi connectivity index (χ0) is 12.1. The Labute approximate surface area is 100 Å². The minimum absolute atomic E-state index is 0.214. The maximum atomic E-state index is 13.1. The van der Waals surface area contributed by atoms with Gasteiger partial charge < -0.3 is 10.1 Å². The standard InChI is InChI=1S/C13H15FN2O/c14-12-2-1-10(8-15)11(7-12)9-17-13-3-5-16-6-4-13/h1-2,7,13,16H,3-6,9H2. The van der Waals surface area contributed by atoms with Gasteiger partial charge in [0.25, 0.3) is 0 Å². The minimum Gasteiger partial charge on any atom is -0.373 e.